The zero-order valence-electron chi connectivity index (χ0n) is 20.7. The van der Waals surface area contributed by atoms with Gasteiger partial charge in [-0.3, -0.25) is 19.2 Å². The molecule has 0 amide bonds. The van der Waals surface area contributed by atoms with Crippen molar-refractivity contribution < 1.29 is 52.7 Å². The lowest BCUT2D eigenvalue weighted by atomic mass is 9.98. The van der Waals surface area contributed by atoms with Crippen molar-refractivity contribution in [1.29, 1.82) is 0 Å². The van der Waals surface area contributed by atoms with Crippen LogP contribution in [0.25, 0.3) is 0 Å². The van der Waals surface area contributed by atoms with Gasteiger partial charge in [0.2, 0.25) is 18.7 Å². The molecule has 1 fully saturated rings. The van der Waals surface area contributed by atoms with E-state index < -0.39 is 55.1 Å². The summed E-state index contributed by atoms with van der Waals surface area (Å²) in [5.41, 5.74) is 0. The molecule has 0 unspecified atom stereocenters. The second-order valence-electron chi connectivity index (χ2n) is 8.01. The highest BCUT2D eigenvalue weighted by Crippen LogP contribution is 2.37. The molecule has 1 heterocycles. The van der Waals surface area contributed by atoms with E-state index in [9.17, 15) is 24.3 Å². The first-order valence-electron chi connectivity index (χ1n) is 11.8. The lowest BCUT2D eigenvalue weighted by Gasteiger charge is -2.48. The molecular formula is C23H38O11. The number of methoxy groups -OCH3 is 1. The van der Waals surface area contributed by atoms with Gasteiger partial charge >= 0.3 is 23.7 Å². The third kappa shape index (κ3) is 8.61. The van der Waals surface area contributed by atoms with Gasteiger partial charge in [-0.2, -0.15) is 0 Å². The van der Waals surface area contributed by atoms with Gasteiger partial charge in [-0.1, -0.05) is 27.7 Å². The number of esters is 3. The van der Waals surface area contributed by atoms with Crippen molar-refractivity contribution in [3.8, 4) is 0 Å². The van der Waals surface area contributed by atoms with Crippen molar-refractivity contribution >= 4 is 23.7 Å². The van der Waals surface area contributed by atoms with E-state index in [0.29, 0.717) is 25.7 Å². The number of ether oxygens (including phenoxy) is 6. The predicted molar refractivity (Wildman–Crippen MR) is 117 cm³/mol. The van der Waals surface area contributed by atoms with Crippen LogP contribution >= 0.6 is 0 Å². The molecule has 0 aliphatic carbocycles. The van der Waals surface area contributed by atoms with E-state index >= 15 is 0 Å². The number of carbonyl (C=O) groups is 4. The fourth-order valence-electron chi connectivity index (χ4n) is 3.31. The maximum atomic E-state index is 12.4. The van der Waals surface area contributed by atoms with E-state index in [-0.39, 0.29) is 31.5 Å². The van der Waals surface area contributed by atoms with Crippen LogP contribution in [-0.4, -0.2) is 73.1 Å². The zero-order chi connectivity index (χ0) is 25.7. The number of ketones is 1. The third-order valence-electron chi connectivity index (χ3n) is 4.89. The summed E-state index contributed by atoms with van der Waals surface area (Å²) in [6, 6.07) is 0. The van der Waals surface area contributed by atoms with Crippen LogP contribution in [0, 0.1) is 0 Å². The maximum absolute atomic E-state index is 12.4. The highest BCUT2D eigenvalue weighted by molar-refractivity contribution is 5.79. The second kappa shape index (κ2) is 15.0. The van der Waals surface area contributed by atoms with Crippen LogP contribution in [0.1, 0.15) is 79.1 Å². The predicted octanol–water partition coefficient (Wildman–Crippen LogP) is 2.16. The van der Waals surface area contributed by atoms with Crippen LogP contribution in [0.3, 0.4) is 0 Å². The molecule has 1 rings (SSSR count). The molecule has 1 aliphatic rings. The van der Waals surface area contributed by atoms with Crippen molar-refractivity contribution in [2.75, 3.05) is 13.7 Å². The minimum absolute atomic E-state index is 0.00979. The Balaban J connectivity index is 3.42. The monoisotopic (exact) mass is 490 g/mol. The third-order valence-corrected chi connectivity index (χ3v) is 4.89. The summed E-state index contributed by atoms with van der Waals surface area (Å²) < 4.78 is 32.6. The summed E-state index contributed by atoms with van der Waals surface area (Å²) >= 11 is 0. The van der Waals surface area contributed by atoms with Gasteiger partial charge in [-0.05, 0) is 25.7 Å². The molecule has 196 valence electrons. The van der Waals surface area contributed by atoms with Crippen LogP contribution in [-0.2, 0) is 47.6 Å². The molecule has 1 saturated heterocycles. The quantitative estimate of drug-likeness (QED) is 0.205. The molecule has 0 aromatic rings. The van der Waals surface area contributed by atoms with Crippen molar-refractivity contribution in [3.63, 3.8) is 0 Å². The van der Waals surface area contributed by atoms with Gasteiger partial charge < -0.3 is 33.5 Å². The Morgan fingerprint density at radius 1 is 0.824 bits per heavy atom. The highest BCUT2D eigenvalue weighted by atomic mass is 16.8. The van der Waals surface area contributed by atoms with E-state index in [4.69, 9.17) is 28.4 Å². The standard InChI is InChI=1S/C23H38O11/c1-6-10-15(24)14-30-22-23(28,34-18(27)13-9-4)20(32-17(26)12-8-3)19(21(29-5)33-22)31-16(25)11-7-2/h19-22,28H,6-14H2,1-5H3/t19-,20-,21+,22+,23-/m1/s1. The smallest absolute Gasteiger partial charge is 0.308 e. The molecule has 0 aromatic heterocycles. The number of hydrogen-bond acceptors (Lipinski definition) is 11. The normalized spacial score (nSPS) is 26.5. The Morgan fingerprint density at radius 3 is 1.88 bits per heavy atom. The Labute approximate surface area is 200 Å². The number of carbonyl (C=O) groups excluding carboxylic acids is 4. The first kappa shape index (κ1) is 30.0. The van der Waals surface area contributed by atoms with Gasteiger partial charge in [-0.25, -0.2) is 0 Å². The summed E-state index contributed by atoms with van der Waals surface area (Å²) in [5, 5.41) is 11.5. The van der Waals surface area contributed by atoms with Gasteiger partial charge in [0.05, 0.1) is 0 Å². The Bertz CT molecular complexity index is 680. The van der Waals surface area contributed by atoms with Gasteiger partial charge in [0, 0.05) is 32.8 Å². The molecule has 1 aliphatic heterocycles. The lowest BCUT2D eigenvalue weighted by molar-refractivity contribution is -0.426. The zero-order valence-corrected chi connectivity index (χ0v) is 20.7. The molecular weight excluding hydrogens is 452 g/mol. The second-order valence-corrected chi connectivity index (χ2v) is 8.01. The SMILES string of the molecule is CCCC(=O)CO[C@H]1O[C@H](OC)[C@H](OC(=O)CCC)[C@@H](OC(=O)CCC)[C@@]1(O)OC(=O)CCC. The van der Waals surface area contributed by atoms with Crippen LogP contribution in [0.15, 0.2) is 0 Å². The van der Waals surface area contributed by atoms with Crippen LogP contribution in [0.4, 0.5) is 0 Å². The van der Waals surface area contributed by atoms with Crippen LogP contribution in [0.5, 0.6) is 0 Å². The first-order chi connectivity index (χ1) is 16.2. The first-order valence-corrected chi connectivity index (χ1v) is 11.8. The van der Waals surface area contributed by atoms with Gasteiger partial charge in [0.25, 0.3) is 0 Å². The number of rotatable bonds is 15. The van der Waals surface area contributed by atoms with Gasteiger partial charge in [-0.15, -0.1) is 0 Å². The molecule has 34 heavy (non-hydrogen) atoms. The highest BCUT2D eigenvalue weighted by Gasteiger charge is 2.63. The largest absolute Gasteiger partial charge is 0.453 e. The number of hydrogen-bond donors (Lipinski definition) is 1. The number of Topliss-reactive ketones (excluding diaryl/α,β-unsaturated/α-hetero) is 1. The topological polar surface area (TPSA) is 144 Å². The van der Waals surface area contributed by atoms with E-state index in [1.54, 1.807) is 20.8 Å². The summed E-state index contributed by atoms with van der Waals surface area (Å²) in [6.07, 6.45) is -4.23. The van der Waals surface area contributed by atoms with Crippen LogP contribution in [0.2, 0.25) is 0 Å². The molecule has 1 N–H and O–H groups in total. The summed E-state index contributed by atoms with van der Waals surface area (Å²) in [5.74, 6) is -5.21. The summed E-state index contributed by atoms with van der Waals surface area (Å²) in [7, 11) is 1.25. The molecule has 11 heteroatoms. The molecule has 0 aromatic carbocycles. The Hall–Kier alpha value is -2.08. The lowest BCUT2D eigenvalue weighted by Crippen LogP contribution is -2.70. The molecule has 0 bridgehead atoms. The van der Waals surface area contributed by atoms with Crippen molar-refractivity contribution in [2.45, 2.75) is 110 Å². The minimum Gasteiger partial charge on any atom is -0.453 e. The Morgan fingerprint density at radius 2 is 1.35 bits per heavy atom. The van der Waals surface area contributed by atoms with Gasteiger partial charge in [0.15, 0.2) is 11.9 Å². The average molecular weight is 491 g/mol. The van der Waals surface area contributed by atoms with Gasteiger partial charge in [0.1, 0.15) is 6.61 Å². The van der Waals surface area contributed by atoms with E-state index in [0.717, 1.165) is 0 Å². The molecule has 0 radical (unpaired) electrons. The van der Waals surface area contributed by atoms with E-state index in [1.165, 1.54) is 7.11 Å². The fourth-order valence-corrected chi connectivity index (χ4v) is 3.31. The van der Waals surface area contributed by atoms with E-state index in [1.807, 2.05) is 6.92 Å². The summed E-state index contributed by atoms with van der Waals surface area (Å²) in [6.45, 7) is 6.61. The fraction of sp³-hybridized carbons (Fsp3) is 0.826. The average Bonchev–Trinajstić information content (AvgIpc) is 2.76. The minimum atomic E-state index is -2.71. The maximum Gasteiger partial charge on any atom is 0.308 e. The number of aliphatic hydroxyl groups is 1. The van der Waals surface area contributed by atoms with Crippen molar-refractivity contribution in [1.82, 2.24) is 0 Å². The Kier molecular flexibility index (Phi) is 13.2. The molecule has 0 saturated carbocycles. The van der Waals surface area contributed by atoms with Crippen LogP contribution < -0.4 is 0 Å². The molecule has 5 atom stereocenters. The van der Waals surface area contributed by atoms with Crippen molar-refractivity contribution in [2.24, 2.45) is 0 Å². The van der Waals surface area contributed by atoms with Crippen molar-refractivity contribution in [3.05, 3.63) is 0 Å². The van der Waals surface area contributed by atoms with E-state index in [2.05, 4.69) is 0 Å². The molecule has 0 spiro atoms. The summed E-state index contributed by atoms with van der Waals surface area (Å²) in [4.78, 5) is 49.2. The molecule has 11 nitrogen and oxygen atoms in total.